The smallest absolute Gasteiger partial charge is 0.328 e. The second kappa shape index (κ2) is 7.76. The van der Waals surface area contributed by atoms with Gasteiger partial charge in [-0.1, -0.05) is 20.8 Å². The monoisotopic (exact) mass is 272 g/mol. The molecule has 2 N–H and O–H groups in total. The number of hydrogen-bond acceptors (Lipinski definition) is 4. The minimum atomic E-state index is -0.716. The molecule has 0 rings (SSSR count). The molecule has 110 valence electrons. The first-order chi connectivity index (χ1) is 8.65. The molecule has 0 unspecified atom stereocenters. The summed E-state index contributed by atoms with van der Waals surface area (Å²) < 4.78 is 4.75. The van der Waals surface area contributed by atoms with E-state index in [1.165, 1.54) is 6.92 Å². The van der Waals surface area contributed by atoms with Gasteiger partial charge in [-0.2, -0.15) is 0 Å². The van der Waals surface area contributed by atoms with E-state index in [9.17, 15) is 14.4 Å². The van der Waals surface area contributed by atoms with E-state index >= 15 is 0 Å². The van der Waals surface area contributed by atoms with Crippen LogP contribution in [-0.4, -0.2) is 37.0 Å². The fourth-order valence-corrected chi connectivity index (χ4v) is 1.34. The second-order valence-electron chi connectivity index (χ2n) is 5.56. The van der Waals surface area contributed by atoms with Crippen LogP contribution in [-0.2, 0) is 19.1 Å². The molecule has 0 saturated heterocycles. The molecule has 0 aliphatic rings. The molecule has 0 aliphatic carbocycles. The summed E-state index contributed by atoms with van der Waals surface area (Å²) in [4.78, 5) is 34.3. The van der Waals surface area contributed by atoms with Crippen LogP contribution >= 0.6 is 0 Å². The van der Waals surface area contributed by atoms with Crippen LogP contribution in [0.15, 0.2) is 0 Å². The lowest BCUT2D eigenvalue weighted by molar-refractivity contribution is -0.146. The molecule has 19 heavy (non-hydrogen) atoms. The van der Waals surface area contributed by atoms with E-state index in [0.717, 1.165) is 0 Å². The molecular formula is C13H24N2O4. The Balaban J connectivity index is 3.99. The van der Waals surface area contributed by atoms with Crippen molar-refractivity contribution in [2.24, 2.45) is 5.41 Å². The minimum absolute atomic E-state index is 0.126. The van der Waals surface area contributed by atoms with Gasteiger partial charge in [0, 0.05) is 6.42 Å². The van der Waals surface area contributed by atoms with Gasteiger partial charge in [-0.3, -0.25) is 9.59 Å². The Labute approximate surface area is 114 Å². The van der Waals surface area contributed by atoms with Gasteiger partial charge in [-0.05, 0) is 19.3 Å². The fourth-order valence-electron chi connectivity index (χ4n) is 1.34. The zero-order chi connectivity index (χ0) is 15.1. The third kappa shape index (κ3) is 9.04. The van der Waals surface area contributed by atoms with Crippen molar-refractivity contribution in [1.29, 1.82) is 0 Å². The van der Waals surface area contributed by atoms with E-state index in [0.29, 0.717) is 6.42 Å². The molecule has 0 saturated carbocycles. The summed E-state index contributed by atoms with van der Waals surface area (Å²) in [7, 11) is 0. The van der Waals surface area contributed by atoms with Gasteiger partial charge in [-0.15, -0.1) is 0 Å². The molecule has 0 bridgehead atoms. The zero-order valence-corrected chi connectivity index (χ0v) is 12.3. The Morgan fingerprint density at radius 1 is 1.16 bits per heavy atom. The van der Waals surface area contributed by atoms with Gasteiger partial charge in [-0.25, -0.2) is 4.79 Å². The summed E-state index contributed by atoms with van der Waals surface area (Å²) in [5, 5.41) is 4.97. The van der Waals surface area contributed by atoms with Crippen LogP contribution < -0.4 is 10.6 Å². The predicted octanol–water partition coefficient (Wildman–Crippen LogP) is 0.607. The highest BCUT2D eigenvalue weighted by Crippen LogP contribution is 2.17. The maximum Gasteiger partial charge on any atom is 0.328 e. The Morgan fingerprint density at radius 3 is 2.21 bits per heavy atom. The molecule has 0 aliphatic heterocycles. The lowest BCUT2D eigenvalue weighted by atomic mass is 9.92. The molecule has 2 amide bonds. The Hall–Kier alpha value is -1.59. The molecule has 1 atom stereocenters. The maximum absolute atomic E-state index is 11.5. The number of carbonyl (C=O) groups excluding carboxylic acids is 3. The van der Waals surface area contributed by atoms with Gasteiger partial charge in [0.05, 0.1) is 13.2 Å². The Bertz CT molecular complexity index is 334. The van der Waals surface area contributed by atoms with Crippen LogP contribution in [0.3, 0.4) is 0 Å². The average molecular weight is 272 g/mol. The van der Waals surface area contributed by atoms with Gasteiger partial charge in [0.1, 0.15) is 6.04 Å². The van der Waals surface area contributed by atoms with Gasteiger partial charge in [0.25, 0.3) is 0 Å². The van der Waals surface area contributed by atoms with Gasteiger partial charge in [0.15, 0.2) is 0 Å². The van der Waals surface area contributed by atoms with Crippen molar-refractivity contribution in [3.8, 4) is 0 Å². The SMILES string of the molecule is CCOC(=O)[C@H](C)NC(=O)CNC(=O)CC(C)(C)C. The third-order valence-electron chi connectivity index (χ3n) is 2.15. The van der Waals surface area contributed by atoms with E-state index in [1.54, 1.807) is 6.92 Å². The molecular weight excluding hydrogens is 248 g/mol. The predicted molar refractivity (Wildman–Crippen MR) is 71.3 cm³/mol. The number of hydrogen-bond donors (Lipinski definition) is 2. The van der Waals surface area contributed by atoms with Gasteiger partial charge in [0.2, 0.25) is 11.8 Å². The van der Waals surface area contributed by atoms with Crippen LogP contribution in [0, 0.1) is 5.41 Å². The number of amides is 2. The van der Waals surface area contributed by atoms with Crippen molar-refractivity contribution in [1.82, 2.24) is 10.6 Å². The molecule has 0 heterocycles. The van der Waals surface area contributed by atoms with Crippen molar-refractivity contribution in [2.45, 2.75) is 47.1 Å². The number of nitrogens with one attached hydrogen (secondary N) is 2. The molecule has 0 aromatic carbocycles. The standard InChI is InChI=1S/C13H24N2O4/c1-6-19-12(18)9(2)15-11(17)8-14-10(16)7-13(3,4)5/h9H,6-8H2,1-5H3,(H,14,16)(H,15,17)/t9-/m0/s1. The van der Waals surface area contributed by atoms with Crippen LogP contribution in [0.25, 0.3) is 0 Å². The average Bonchev–Trinajstić information content (AvgIpc) is 2.24. The highest BCUT2D eigenvalue weighted by molar-refractivity contribution is 5.88. The lowest BCUT2D eigenvalue weighted by Gasteiger charge is -2.17. The number of esters is 1. The van der Waals surface area contributed by atoms with Crippen LogP contribution in [0.1, 0.15) is 41.0 Å². The van der Waals surface area contributed by atoms with E-state index in [4.69, 9.17) is 4.74 Å². The normalized spacial score (nSPS) is 12.5. The van der Waals surface area contributed by atoms with Crippen molar-refractivity contribution < 1.29 is 19.1 Å². The highest BCUT2D eigenvalue weighted by atomic mass is 16.5. The van der Waals surface area contributed by atoms with Crippen LogP contribution in [0.5, 0.6) is 0 Å². The molecule has 0 aromatic rings. The Morgan fingerprint density at radius 2 is 1.74 bits per heavy atom. The van der Waals surface area contributed by atoms with E-state index in [-0.39, 0.29) is 24.5 Å². The first-order valence-corrected chi connectivity index (χ1v) is 6.38. The molecule has 0 fully saturated rings. The van der Waals surface area contributed by atoms with E-state index in [1.807, 2.05) is 20.8 Å². The molecule has 0 radical (unpaired) electrons. The second-order valence-corrected chi connectivity index (χ2v) is 5.56. The third-order valence-corrected chi connectivity index (χ3v) is 2.15. The first kappa shape index (κ1) is 17.4. The summed E-state index contributed by atoms with van der Waals surface area (Å²) in [6.45, 7) is 9.17. The quantitative estimate of drug-likeness (QED) is 0.694. The van der Waals surface area contributed by atoms with E-state index in [2.05, 4.69) is 10.6 Å². The topological polar surface area (TPSA) is 84.5 Å². The summed E-state index contributed by atoms with van der Waals surface area (Å²) >= 11 is 0. The zero-order valence-electron chi connectivity index (χ0n) is 12.3. The lowest BCUT2D eigenvalue weighted by Crippen LogP contribution is -2.45. The summed E-state index contributed by atoms with van der Waals surface area (Å²) in [6.07, 6.45) is 0.341. The summed E-state index contributed by atoms with van der Waals surface area (Å²) in [6, 6.07) is -0.716. The first-order valence-electron chi connectivity index (χ1n) is 6.38. The van der Waals surface area contributed by atoms with Crippen molar-refractivity contribution in [3.05, 3.63) is 0 Å². The van der Waals surface area contributed by atoms with E-state index < -0.39 is 17.9 Å². The van der Waals surface area contributed by atoms with Gasteiger partial charge < -0.3 is 15.4 Å². The largest absolute Gasteiger partial charge is 0.464 e. The van der Waals surface area contributed by atoms with Crippen LogP contribution in [0.4, 0.5) is 0 Å². The summed E-state index contributed by atoms with van der Waals surface area (Å²) in [5.74, 6) is -1.09. The Kier molecular flexibility index (Phi) is 7.11. The highest BCUT2D eigenvalue weighted by Gasteiger charge is 2.18. The van der Waals surface area contributed by atoms with Crippen molar-refractivity contribution in [2.75, 3.05) is 13.2 Å². The summed E-state index contributed by atoms with van der Waals surface area (Å²) in [5.41, 5.74) is -0.126. The molecule has 0 spiro atoms. The van der Waals surface area contributed by atoms with Crippen molar-refractivity contribution >= 4 is 17.8 Å². The number of carbonyl (C=O) groups is 3. The number of ether oxygens (including phenoxy) is 1. The van der Waals surface area contributed by atoms with Crippen LogP contribution in [0.2, 0.25) is 0 Å². The molecule has 0 aromatic heterocycles. The van der Waals surface area contributed by atoms with Gasteiger partial charge >= 0.3 is 5.97 Å². The van der Waals surface area contributed by atoms with Crippen molar-refractivity contribution in [3.63, 3.8) is 0 Å². The maximum atomic E-state index is 11.5. The fraction of sp³-hybridized carbons (Fsp3) is 0.769. The molecule has 6 nitrogen and oxygen atoms in total. The molecule has 6 heteroatoms. The number of rotatable bonds is 6. The minimum Gasteiger partial charge on any atom is -0.464 e.